The van der Waals surface area contributed by atoms with Crippen LogP contribution in [0.1, 0.15) is 54.8 Å². The molecular formula is C27H35N5O3S. The van der Waals surface area contributed by atoms with Crippen LogP contribution in [0.25, 0.3) is 0 Å². The van der Waals surface area contributed by atoms with Gasteiger partial charge in [0.15, 0.2) is 17.6 Å². The van der Waals surface area contributed by atoms with Crippen molar-refractivity contribution in [1.29, 1.82) is 0 Å². The highest BCUT2D eigenvalue weighted by atomic mass is 32.2. The molecule has 0 saturated heterocycles. The molecule has 0 atom stereocenters. The van der Waals surface area contributed by atoms with Gasteiger partial charge >= 0.3 is 0 Å². The second kappa shape index (κ2) is 12.6. The fourth-order valence-corrected chi connectivity index (χ4v) is 4.50. The highest BCUT2D eigenvalue weighted by Gasteiger charge is 2.15. The molecule has 0 aliphatic carbocycles. The third kappa shape index (κ3) is 7.34. The first-order valence-corrected chi connectivity index (χ1v) is 13.1. The zero-order valence-corrected chi connectivity index (χ0v) is 22.7. The van der Waals surface area contributed by atoms with Gasteiger partial charge in [-0.05, 0) is 68.0 Å². The van der Waals surface area contributed by atoms with Gasteiger partial charge in [-0.25, -0.2) is 0 Å². The van der Waals surface area contributed by atoms with Gasteiger partial charge in [0.05, 0.1) is 12.3 Å². The van der Waals surface area contributed by atoms with Gasteiger partial charge in [0.25, 0.3) is 5.91 Å². The number of ether oxygens (including phenoxy) is 1. The van der Waals surface area contributed by atoms with Gasteiger partial charge in [-0.2, -0.15) is 0 Å². The Morgan fingerprint density at radius 1 is 1.03 bits per heavy atom. The van der Waals surface area contributed by atoms with E-state index in [4.69, 9.17) is 4.74 Å². The van der Waals surface area contributed by atoms with E-state index in [0.29, 0.717) is 23.4 Å². The third-order valence-electron chi connectivity index (χ3n) is 5.70. The molecule has 8 nitrogen and oxygen atoms in total. The SMILES string of the molecule is CCn1c(CNC(=O)COc2cc(C)ccc2C(C)C)nnc1SCC(=O)Nc1cc(C)ccc1C. The average Bonchev–Trinajstić information content (AvgIpc) is 3.24. The predicted molar refractivity (Wildman–Crippen MR) is 144 cm³/mol. The minimum absolute atomic E-state index is 0.0798. The number of benzene rings is 2. The molecule has 0 saturated carbocycles. The van der Waals surface area contributed by atoms with Gasteiger partial charge in [-0.3, -0.25) is 9.59 Å². The van der Waals surface area contributed by atoms with E-state index in [1.165, 1.54) is 11.8 Å². The van der Waals surface area contributed by atoms with E-state index in [0.717, 1.165) is 33.7 Å². The molecule has 0 fully saturated rings. The van der Waals surface area contributed by atoms with Crippen LogP contribution in [0.4, 0.5) is 5.69 Å². The van der Waals surface area contributed by atoms with Crippen molar-refractivity contribution in [2.75, 3.05) is 17.7 Å². The summed E-state index contributed by atoms with van der Waals surface area (Å²) in [5, 5.41) is 14.9. The van der Waals surface area contributed by atoms with Gasteiger partial charge in [0.2, 0.25) is 5.91 Å². The van der Waals surface area contributed by atoms with Gasteiger partial charge in [0, 0.05) is 12.2 Å². The highest BCUT2D eigenvalue weighted by molar-refractivity contribution is 7.99. The maximum Gasteiger partial charge on any atom is 0.258 e. The van der Waals surface area contributed by atoms with E-state index < -0.39 is 0 Å². The zero-order chi connectivity index (χ0) is 26.2. The molecule has 0 bridgehead atoms. The summed E-state index contributed by atoms with van der Waals surface area (Å²) in [5.41, 5.74) is 5.07. The van der Waals surface area contributed by atoms with Crippen LogP contribution in [-0.4, -0.2) is 38.9 Å². The molecule has 0 unspecified atom stereocenters. The number of nitrogens with zero attached hydrogens (tertiary/aromatic N) is 3. The number of aromatic nitrogens is 3. The lowest BCUT2D eigenvalue weighted by Gasteiger charge is -2.15. The quantitative estimate of drug-likeness (QED) is 0.361. The lowest BCUT2D eigenvalue weighted by Crippen LogP contribution is -2.29. The van der Waals surface area contributed by atoms with Crippen LogP contribution in [-0.2, 0) is 22.7 Å². The van der Waals surface area contributed by atoms with Crippen LogP contribution < -0.4 is 15.4 Å². The maximum atomic E-state index is 12.5. The van der Waals surface area contributed by atoms with Gasteiger partial charge in [0.1, 0.15) is 5.75 Å². The van der Waals surface area contributed by atoms with Crippen molar-refractivity contribution < 1.29 is 14.3 Å². The Morgan fingerprint density at radius 3 is 2.47 bits per heavy atom. The molecule has 192 valence electrons. The minimum Gasteiger partial charge on any atom is -0.483 e. The van der Waals surface area contributed by atoms with Crippen LogP contribution in [0.2, 0.25) is 0 Å². The first kappa shape index (κ1) is 27.3. The molecule has 0 radical (unpaired) electrons. The molecule has 3 rings (SSSR count). The maximum absolute atomic E-state index is 12.5. The van der Waals surface area contributed by atoms with Crippen LogP contribution >= 0.6 is 11.8 Å². The molecule has 2 amide bonds. The molecule has 0 aliphatic heterocycles. The Hall–Kier alpha value is -3.33. The number of aryl methyl sites for hydroxylation is 3. The normalized spacial score (nSPS) is 11.0. The van der Waals surface area contributed by atoms with E-state index in [-0.39, 0.29) is 30.7 Å². The number of hydrogen-bond acceptors (Lipinski definition) is 6. The van der Waals surface area contributed by atoms with Gasteiger partial charge in [-0.15, -0.1) is 10.2 Å². The van der Waals surface area contributed by atoms with E-state index in [2.05, 4.69) is 34.7 Å². The van der Waals surface area contributed by atoms with Crippen molar-refractivity contribution in [3.63, 3.8) is 0 Å². The fraction of sp³-hybridized carbons (Fsp3) is 0.407. The number of carbonyl (C=O) groups excluding carboxylic acids is 2. The van der Waals surface area contributed by atoms with Gasteiger partial charge < -0.3 is 19.9 Å². The third-order valence-corrected chi connectivity index (χ3v) is 6.67. The zero-order valence-electron chi connectivity index (χ0n) is 21.8. The first-order chi connectivity index (χ1) is 17.2. The number of hydrogen-bond donors (Lipinski definition) is 2. The Balaban J connectivity index is 1.53. The van der Waals surface area contributed by atoms with Crippen LogP contribution in [0.3, 0.4) is 0 Å². The second-order valence-electron chi connectivity index (χ2n) is 9.06. The summed E-state index contributed by atoms with van der Waals surface area (Å²) in [4.78, 5) is 24.9. The summed E-state index contributed by atoms with van der Waals surface area (Å²) in [6.45, 7) is 12.9. The molecule has 2 aromatic carbocycles. The fourth-order valence-electron chi connectivity index (χ4n) is 3.68. The number of nitrogens with one attached hydrogen (secondary N) is 2. The minimum atomic E-state index is -0.237. The van der Waals surface area contributed by atoms with Crippen molar-refractivity contribution in [3.05, 3.63) is 64.5 Å². The highest BCUT2D eigenvalue weighted by Crippen LogP contribution is 2.27. The van der Waals surface area contributed by atoms with Crippen molar-refractivity contribution in [2.45, 2.75) is 65.7 Å². The first-order valence-electron chi connectivity index (χ1n) is 12.1. The summed E-state index contributed by atoms with van der Waals surface area (Å²) >= 11 is 1.32. The number of carbonyl (C=O) groups is 2. The van der Waals surface area contributed by atoms with E-state index in [1.54, 1.807) is 0 Å². The van der Waals surface area contributed by atoms with E-state index in [9.17, 15) is 9.59 Å². The van der Waals surface area contributed by atoms with Crippen LogP contribution in [0, 0.1) is 20.8 Å². The summed E-state index contributed by atoms with van der Waals surface area (Å²) in [7, 11) is 0. The van der Waals surface area contributed by atoms with E-state index in [1.807, 2.05) is 68.7 Å². The molecule has 9 heteroatoms. The Labute approximate surface area is 217 Å². The summed E-state index contributed by atoms with van der Waals surface area (Å²) in [5.74, 6) is 1.52. The Morgan fingerprint density at radius 2 is 1.75 bits per heavy atom. The molecule has 2 N–H and O–H groups in total. The summed E-state index contributed by atoms with van der Waals surface area (Å²) in [6, 6.07) is 12.0. The molecule has 0 spiro atoms. The molecular weight excluding hydrogens is 474 g/mol. The molecule has 1 aromatic heterocycles. The topological polar surface area (TPSA) is 98.1 Å². The van der Waals surface area contributed by atoms with Gasteiger partial charge in [-0.1, -0.05) is 49.9 Å². The van der Waals surface area contributed by atoms with Crippen LogP contribution in [0.5, 0.6) is 5.75 Å². The number of anilines is 1. The van der Waals surface area contributed by atoms with Crippen LogP contribution in [0.15, 0.2) is 41.6 Å². The lowest BCUT2D eigenvalue weighted by molar-refractivity contribution is -0.123. The molecule has 1 heterocycles. The smallest absolute Gasteiger partial charge is 0.258 e. The summed E-state index contributed by atoms with van der Waals surface area (Å²) < 4.78 is 7.71. The monoisotopic (exact) mass is 509 g/mol. The largest absolute Gasteiger partial charge is 0.483 e. The van der Waals surface area contributed by atoms with Crippen molar-refractivity contribution in [2.24, 2.45) is 0 Å². The standard InChI is InChI=1S/C27H35N5O3S/c1-7-32-24(14-28-25(33)15-35-23-13-19(5)9-11-21(23)17(2)3)30-31-27(32)36-16-26(34)29-22-12-18(4)8-10-20(22)6/h8-13,17H,7,14-16H2,1-6H3,(H,28,33)(H,29,34). The average molecular weight is 510 g/mol. The van der Waals surface area contributed by atoms with E-state index >= 15 is 0 Å². The number of rotatable bonds is 11. The molecule has 36 heavy (non-hydrogen) atoms. The Bertz CT molecular complexity index is 1220. The summed E-state index contributed by atoms with van der Waals surface area (Å²) in [6.07, 6.45) is 0. The number of thioether (sulfide) groups is 1. The Kier molecular flexibility index (Phi) is 9.52. The lowest BCUT2D eigenvalue weighted by atomic mass is 10.0. The van der Waals surface area contributed by atoms with Crippen molar-refractivity contribution >= 4 is 29.3 Å². The second-order valence-corrected chi connectivity index (χ2v) is 10.0. The number of amides is 2. The molecule has 3 aromatic rings. The molecule has 0 aliphatic rings. The predicted octanol–water partition coefficient (Wildman–Crippen LogP) is 4.77. The van der Waals surface area contributed by atoms with Crippen molar-refractivity contribution in [1.82, 2.24) is 20.1 Å². The van der Waals surface area contributed by atoms with Crippen molar-refractivity contribution in [3.8, 4) is 5.75 Å².